The van der Waals surface area contributed by atoms with Crippen LogP contribution in [0.4, 0.5) is 0 Å². The third kappa shape index (κ3) is 2.87. The molecule has 3 saturated carbocycles. The van der Waals surface area contributed by atoms with E-state index < -0.39 is 5.41 Å². The Hall–Kier alpha value is -1.58. The van der Waals surface area contributed by atoms with Gasteiger partial charge in [0.1, 0.15) is 6.10 Å². The number of fused-ring (bicyclic) bond motifs is 6. The number of rotatable bonds is 1. The van der Waals surface area contributed by atoms with Gasteiger partial charge in [0.2, 0.25) is 0 Å². The van der Waals surface area contributed by atoms with Gasteiger partial charge in [0.15, 0.2) is 0 Å². The minimum Gasteiger partial charge on any atom is -0.462 e. The highest BCUT2D eigenvalue weighted by molar-refractivity contribution is 5.75. The van der Waals surface area contributed by atoms with Crippen molar-refractivity contribution < 1.29 is 9.53 Å². The summed E-state index contributed by atoms with van der Waals surface area (Å²) in [6.07, 6.45) is 13.1. The second-order valence-electron chi connectivity index (χ2n) is 10.4. The molecular weight excluding hydrogens is 336 g/mol. The van der Waals surface area contributed by atoms with Crippen LogP contribution in [-0.4, -0.2) is 22.3 Å². The summed E-state index contributed by atoms with van der Waals surface area (Å²) in [7, 11) is 0. The third-order valence-corrected chi connectivity index (χ3v) is 7.90. The molecule has 1 heterocycles. The van der Waals surface area contributed by atoms with Crippen molar-refractivity contribution in [1.82, 2.24) is 10.2 Å². The van der Waals surface area contributed by atoms with Crippen LogP contribution in [0.1, 0.15) is 70.6 Å². The first kappa shape index (κ1) is 17.5. The van der Waals surface area contributed by atoms with E-state index in [4.69, 9.17) is 4.74 Å². The molecule has 27 heavy (non-hydrogen) atoms. The molecule has 0 aromatic carbocycles. The molecule has 0 bridgehead atoms. The van der Waals surface area contributed by atoms with Gasteiger partial charge in [-0.05, 0) is 107 Å². The standard InChI is InChI=1S/C23H32N2O2/c1-23(2,3)22(26)27-21-9-8-16-15-5-4-13-11-20-14(12-24-25-20)10-19(13)17(15)6-7-18(16)21/h11-12,15-19,21H,4-10H2,1-3H3,(H,24,25). The van der Waals surface area contributed by atoms with Crippen molar-refractivity contribution in [3.05, 3.63) is 23.0 Å². The summed E-state index contributed by atoms with van der Waals surface area (Å²) < 4.78 is 6.00. The Bertz CT molecular complexity index is 772. The molecule has 4 nitrogen and oxygen atoms in total. The number of hydrogen-bond acceptors (Lipinski definition) is 3. The Balaban J connectivity index is 1.32. The van der Waals surface area contributed by atoms with Gasteiger partial charge in [-0.15, -0.1) is 0 Å². The zero-order valence-electron chi connectivity index (χ0n) is 16.8. The van der Waals surface area contributed by atoms with Crippen LogP contribution in [-0.2, 0) is 16.0 Å². The lowest BCUT2D eigenvalue weighted by molar-refractivity contribution is -0.162. The molecule has 4 heteroatoms. The second-order valence-corrected chi connectivity index (χ2v) is 10.4. The van der Waals surface area contributed by atoms with Gasteiger partial charge < -0.3 is 4.74 Å². The molecule has 6 unspecified atom stereocenters. The molecule has 4 aliphatic carbocycles. The Kier molecular flexibility index (Phi) is 4.03. The van der Waals surface area contributed by atoms with E-state index in [-0.39, 0.29) is 12.1 Å². The lowest BCUT2D eigenvalue weighted by atomic mass is 9.56. The van der Waals surface area contributed by atoms with Crippen LogP contribution < -0.4 is 0 Å². The van der Waals surface area contributed by atoms with E-state index in [1.807, 2.05) is 27.0 Å². The molecular formula is C23H32N2O2. The van der Waals surface area contributed by atoms with Crippen molar-refractivity contribution in [3.63, 3.8) is 0 Å². The molecule has 146 valence electrons. The van der Waals surface area contributed by atoms with Crippen LogP contribution >= 0.6 is 0 Å². The SMILES string of the molecule is CC(C)(C)C(=O)OC1CCC2C1CCC1C3Cc4cn[nH]c4C=C3CCC12. The highest BCUT2D eigenvalue weighted by Gasteiger charge is 2.51. The molecule has 6 atom stereocenters. The summed E-state index contributed by atoms with van der Waals surface area (Å²) in [5.41, 5.74) is 3.89. The summed E-state index contributed by atoms with van der Waals surface area (Å²) in [6, 6.07) is 0. The number of hydrogen-bond donors (Lipinski definition) is 1. The van der Waals surface area contributed by atoms with E-state index in [0.29, 0.717) is 11.8 Å². The maximum atomic E-state index is 12.4. The number of nitrogens with zero attached hydrogens (tertiary/aromatic N) is 1. The molecule has 1 aromatic rings. The minimum absolute atomic E-state index is 0.0242. The third-order valence-electron chi connectivity index (χ3n) is 7.90. The summed E-state index contributed by atoms with van der Waals surface area (Å²) >= 11 is 0. The molecule has 1 aromatic heterocycles. The monoisotopic (exact) mass is 368 g/mol. The van der Waals surface area contributed by atoms with Crippen LogP contribution in [0.25, 0.3) is 6.08 Å². The fraction of sp³-hybridized carbons (Fsp3) is 0.739. The van der Waals surface area contributed by atoms with Crippen molar-refractivity contribution >= 4 is 12.0 Å². The van der Waals surface area contributed by atoms with Crippen LogP contribution in [0.15, 0.2) is 11.8 Å². The van der Waals surface area contributed by atoms with Gasteiger partial charge in [-0.25, -0.2) is 0 Å². The number of carbonyl (C=O) groups excluding carboxylic acids is 1. The second kappa shape index (κ2) is 6.22. The Morgan fingerprint density at radius 2 is 1.81 bits per heavy atom. The summed E-state index contributed by atoms with van der Waals surface area (Å²) in [6.45, 7) is 5.88. The van der Waals surface area contributed by atoms with Crippen molar-refractivity contribution in [2.24, 2.45) is 35.0 Å². The largest absolute Gasteiger partial charge is 0.462 e. The average molecular weight is 369 g/mol. The van der Waals surface area contributed by atoms with E-state index >= 15 is 0 Å². The van der Waals surface area contributed by atoms with Gasteiger partial charge in [0.05, 0.1) is 17.3 Å². The molecule has 0 saturated heterocycles. The van der Waals surface area contributed by atoms with E-state index in [1.165, 1.54) is 49.8 Å². The van der Waals surface area contributed by atoms with E-state index in [0.717, 1.165) is 24.2 Å². The van der Waals surface area contributed by atoms with Gasteiger partial charge in [-0.2, -0.15) is 5.10 Å². The van der Waals surface area contributed by atoms with Gasteiger partial charge >= 0.3 is 5.97 Å². The van der Waals surface area contributed by atoms with Gasteiger partial charge in [0, 0.05) is 0 Å². The maximum absolute atomic E-state index is 12.4. The zero-order valence-corrected chi connectivity index (χ0v) is 16.8. The minimum atomic E-state index is -0.399. The van der Waals surface area contributed by atoms with Crippen molar-refractivity contribution in [3.8, 4) is 0 Å². The Morgan fingerprint density at radius 3 is 2.63 bits per heavy atom. The number of allylic oxidation sites excluding steroid dienone is 1. The molecule has 5 rings (SSSR count). The highest BCUT2D eigenvalue weighted by atomic mass is 16.5. The summed E-state index contributed by atoms with van der Waals surface area (Å²) in [4.78, 5) is 12.4. The normalized spacial score (nSPS) is 37.5. The zero-order chi connectivity index (χ0) is 18.8. The van der Waals surface area contributed by atoms with E-state index in [2.05, 4.69) is 16.3 Å². The number of carbonyl (C=O) groups is 1. The lowest BCUT2D eigenvalue weighted by Crippen LogP contribution is -2.43. The number of aromatic amines is 1. The topological polar surface area (TPSA) is 55.0 Å². The molecule has 0 aliphatic heterocycles. The van der Waals surface area contributed by atoms with Crippen molar-refractivity contribution in [2.45, 2.75) is 71.8 Å². The molecule has 3 fully saturated rings. The Morgan fingerprint density at radius 1 is 1.07 bits per heavy atom. The predicted octanol–water partition coefficient (Wildman–Crippen LogP) is 4.77. The predicted molar refractivity (Wildman–Crippen MR) is 105 cm³/mol. The fourth-order valence-corrected chi connectivity index (χ4v) is 6.58. The van der Waals surface area contributed by atoms with E-state index in [1.54, 1.807) is 5.57 Å². The number of aromatic nitrogens is 2. The van der Waals surface area contributed by atoms with Crippen LogP contribution in [0.5, 0.6) is 0 Å². The van der Waals surface area contributed by atoms with Crippen LogP contribution in [0.3, 0.4) is 0 Å². The van der Waals surface area contributed by atoms with Crippen LogP contribution in [0, 0.1) is 35.0 Å². The lowest BCUT2D eigenvalue weighted by Gasteiger charge is -2.49. The molecule has 0 spiro atoms. The van der Waals surface area contributed by atoms with Crippen LogP contribution in [0.2, 0.25) is 0 Å². The molecule has 1 N–H and O–H groups in total. The summed E-state index contributed by atoms with van der Waals surface area (Å²) in [5, 5.41) is 7.42. The Labute approximate surface area is 162 Å². The van der Waals surface area contributed by atoms with Crippen molar-refractivity contribution in [1.29, 1.82) is 0 Å². The van der Waals surface area contributed by atoms with E-state index in [9.17, 15) is 4.79 Å². The quantitative estimate of drug-likeness (QED) is 0.727. The maximum Gasteiger partial charge on any atom is 0.311 e. The fourth-order valence-electron chi connectivity index (χ4n) is 6.58. The van der Waals surface area contributed by atoms with Gasteiger partial charge in [-0.3, -0.25) is 9.89 Å². The van der Waals surface area contributed by atoms with Gasteiger partial charge in [0.25, 0.3) is 0 Å². The number of nitrogens with one attached hydrogen (secondary N) is 1. The number of esters is 1. The molecule has 4 aliphatic rings. The molecule has 0 amide bonds. The van der Waals surface area contributed by atoms with Crippen molar-refractivity contribution in [2.75, 3.05) is 0 Å². The first-order valence-corrected chi connectivity index (χ1v) is 10.9. The smallest absolute Gasteiger partial charge is 0.311 e. The first-order chi connectivity index (χ1) is 12.9. The molecule has 0 radical (unpaired) electrons. The van der Waals surface area contributed by atoms with Gasteiger partial charge in [-0.1, -0.05) is 5.57 Å². The first-order valence-electron chi connectivity index (χ1n) is 10.9. The highest BCUT2D eigenvalue weighted by Crippen LogP contribution is 2.57. The summed E-state index contributed by atoms with van der Waals surface area (Å²) in [5.74, 6) is 3.67. The average Bonchev–Trinajstić information content (AvgIpc) is 3.25. The number of ether oxygens (including phenoxy) is 1. The number of H-pyrrole nitrogens is 1.